The van der Waals surface area contributed by atoms with Crippen LogP contribution in [0.5, 0.6) is 0 Å². The van der Waals surface area contributed by atoms with Crippen LogP contribution in [0.15, 0.2) is 0 Å². The first kappa shape index (κ1) is 7.60. The van der Waals surface area contributed by atoms with E-state index in [4.69, 9.17) is 10.7 Å². The monoisotopic (exact) mass is 166 g/mol. The first-order valence-electron chi connectivity index (χ1n) is 4.49. The Morgan fingerprint density at radius 3 is 3.00 bits per heavy atom. The highest BCUT2D eigenvalue weighted by Gasteiger charge is 2.43. The predicted octanol–water partition coefficient (Wildman–Crippen LogP) is 1.66. The van der Waals surface area contributed by atoms with Crippen LogP contribution in [-0.4, -0.2) is 21.2 Å². The van der Waals surface area contributed by atoms with Crippen molar-refractivity contribution in [2.75, 3.05) is 0 Å². The van der Waals surface area contributed by atoms with Crippen molar-refractivity contribution in [3.8, 4) is 6.00 Å². The largest absolute Gasteiger partial charge is 0.370 e. The molecule has 0 spiro atoms. The minimum absolute atomic E-state index is 0.647. The molecule has 0 amide bonds. The van der Waals surface area contributed by atoms with Crippen molar-refractivity contribution < 1.29 is 4.74 Å². The van der Waals surface area contributed by atoms with Gasteiger partial charge in [-0.05, 0) is 46.6 Å². The number of rotatable bonds is 2. The van der Waals surface area contributed by atoms with Crippen molar-refractivity contribution in [2.45, 2.75) is 43.9 Å². The van der Waals surface area contributed by atoms with Crippen LogP contribution in [0.25, 0.3) is 0 Å². The molecule has 0 radical (unpaired) electrons. The Labute approximate surface area is 70.2 Å². The van der Waals surface area contributed by atoms with Gasteiger partial charge in [0.25, 0.3) is 0 Å². The predicted molar refractivity (Wildman–Crippen MR) is 46.1 cm³/mol. The van der Waals surface area contributed by atoms with E-state index >= 15 is 0 Å². The molecule has 2 rings (SSSR count). The fraction of sp³-hybridized carbons (Fsp3) is 0.889. The van der Waals surface area contributed by atoms with E-state index in [0.29, 0.717) is 21.2 Å². The molecule has 2 fully saturated rings. The van der Waals surface area contributed by atoms with Crippen LogP contribution in [0, 0.1) is 11.9 Å². The molecule has 2 heteroatoms. The molecule has 11 heavy (non-hydrogen) atoms. The lowest BCUT2D eigenvalue weighted by Crippen LogP contribution is -2.13. The van der Waals surface area contributed by atoms with Gasteiger partial charge in [-0.2, -0.15) is 6.00 Å². The van der Waals surface area contributed by atoms with Crippen LogP contribution in [0.4, 0.5) is 0 Å². The summed E-state index contributed by atoms with van der Waals surface area (Å²) in [5.74, 6) is 0.926. The highest BCUT2D eigenvalue weighted by atomic mass is 28.2. The topological polar surface area (TPSA) is 12.5 Å². The molecule has 1 nitrogen and oxygen atoms in total. The van der Waals surface area contributed by atoms with Crippen molar-refractivity contribution in [1.82, 2.24) is 0 Å². The number of fused-ring (bicyclic) bond motifs is 1. The van der Waals surface area contributed by atoms with Crippen LogP contribution in [0.2, 0.25) is 6.04 Å². The lowest BCUT2D eigenvalue weighted by molar-refractivity contribution is 0.357. The summed E-state index contributed by atoms with van der Waals surface area (Å²) in [5.41, 5.74) is 0. The molecule has 3 atom stereocenters. The summed E-state index contributed by atoms with van der Waals surface area (Å²) in [6, 6.07) is 6.71. The summed E-state index contributed by atoms with van der Waals surface area (Å²) in [7, 11) is 0.647. The van der Waals surface area contributed by atoms with E-state index in [2.05, 4.69) is 0 Å². The summed E-state index contributed by atoms with van der Waals surface area (Å²) >= 11 is 0. The molecule has 1 saturated heterocycles. The van der Waals surface area contributed by atoms with Crippen LogP contribution < -0.4 is 0 Å². The maximum absolute atomic E-state index is 5.49. The highest BCUT2D eigenvalue weighted by molar-refractivity contribution is 6.21. The molecule has 0 N–H and O–H groups in total. The van der Waals surface area contributed by atoms with Crippen molar-refractivity contribution >= 4 is 8.96 Å². The third-order valence-electron chi connectivity index (χ3n) is 2.81. The molecule has 0 aromatic rings. The number of ether oxygens (including phenoxy) is 1. The van der Waals surface area contributed by atoms with Crippen molar-refractivity contribution in [3.63, 3.8) is 0 Å². The summed E-state index contributed by atoms with van der Waals surface area (Å²) in [5, 5.41) is 0. The van der Waals surface area contributed by atoms with Gasteiger partial charge in [0, 0.05) is 0 Å². The van der Waals surface area contributed by atoms with Gasteiger partial charge in [0.2, 0.25) is 0 Å². The minimum atomic E-state index is 0.647. The Hall–Kier alpha value is -0.0431. The van der Waals surface area contributed by atoms with Crippen molar-refractivity contribution in [1.29, 1.82) is 0 Å². The Balaban J connectivity index is 1.73. The summed E-state index contributed by atoms with van der Waals surface area (Å²) in [6.45, 7) is 0. The maximum Gasteiger partial charge on any atom is 0.0844 e. The molecule has 1 aliphatic heterocycles. The molecule has 1 heterocycles. The summed E-state index contributed by atoms with van der Waals surface area (Å²) < 4.78 is 5.46. The van der Waals surface area contributed by atoms with E-state index in [1.165, 1.54) is 31.7 Å². The average molecular weight is 166 g/mol. The van der Waals surface area contributed by atoms with Gasteiger partial charge < -0.3 is 4.74 Å². The van der Waals surface area contributed by atoms with Gasteiger partial charge in [-0.25, -0.2) is 0 Å². The molecular weight excluding hydrogens is 152 g/mol. The molecule has 1 aliphatic carbocycles. The minimum Gasteiger partial charge on any atom is -0.370 e. The molecule has 0 aromatic heterocycles. The Kier molecular flexibility index (Phi) is 2.17. The Morgan fingerprint density at radius 1 is 1.36 bits per heavy atom. The zero-order chi connectivity index (χ0) is 7.68. The highest BCUT2D eigenvalue weighted by Crippen LogP contribution is 2.40. The van der Waals surface area contributed by atoms with Gasteiger partial charge in [0.15, 0.2) is 0 Å². The summed E-state index contributed by atoms with van der Waals surface area (Å²) in [4.78, 5) is 0. The standard InChI is InChI=1S/C9H14OSi/c1-11-5-4-7-2-3-8-9(6-7)10-8/h1,7-9H,2-6H2. The zero-order valence-corrected chi connectivity index (χ0v) is 7.75. The van der Waals surface area contributed by atoms with Crippen LogP contribution in [0.3, 0.4) is 0 Å². The summed E-state index contributed by atoms with van der Waals surface area (Å²) in [6.07, 6.45) is 6.65. The fourth-order valence-electron chi connectivity index (χ4n) is 2.04. The van der Waals surface area contributed by atoms with Gasteiger partial charge in [-0.3, -0.25) is 0 Å². The first-order chi connectivity index (χ1) is 5.40. The SMILES string of the molecule is C#[Si]CCC1CCC2OC2C1. The third kappa shape index (κ3) is 1.75. The molecule has 2 aliphatic rings. The number of epoxide rings is 1. The van der Waals surface area contributed by atoms with E-state index in [0.717, 1.165) is 5.92 Å². The van der Waals surface area contributed by atoms with Crippen molar-refractivity contribution in [3.05, 3.63) is 0 Å². The average Bonchev–Trinajstić information content (AvgIpc) is 2.78. The smallest absolute Gasteiger partial charge is 0.0844 e. The van der Waals surface area contributed by atoms with Gasteiger partial charge in [-0.1, -0.05) is 0 Å². The van der Waals surface area contributed by atoms with Gasteiger partial charge in [0.05, 0.1) is 12.2 Å². The second-order valence-electron chi connectivity index (χ2n) is 3.63. The molecule has 0 bridgehead atoms. The number of hydrogen-bond donors (Lipinski definition) is 0. The molecule has 60 valence electrons. The van der Waals surface area contributed by atoms with E-state index in [9.17, 15) is 0 Å². The zero-order valence-electron chi connectivity index (χ0n) is 6.75. The van der Waals surface area contributed by atoms with Crippen LogP contribution >= 0.6 is 0 Å². The van der Waals surface area contributed by atoms with E-state index < -0.39 is 0 Å². The molecule has 0 aromatic carbocycles. The van der Waals surface area contributed by atoms with Crippen LogP contribution in [0.1, 0.15) is 25.7 Å². The Bertz CT molecular complexity index is 184. The molecule has 3 unspecified atom stereocenters. The number of hydrogen-bond acceptors (Lipinski definition) is 1. The van der Waals surface area contributed by atoms with Gasteiger partial charge in [-0.15, -0.1) is 0 Å². The molecule has 1 saturated carbocycles. The third-order valence-corrected chi connectivity index (χ3v) is 3.39. The maximum atomic E-state index is 5.49. The fourth-order valence-corrected chi connectivity index (χ4v) is 2.61. The van der Waals surface area contributed by atoms with Gasteiger partial charge in [0.1, 0.15) is 0 Å². The van der Waals surface area contributed by atoms with Crippen molar-refractivity contribution in [2.24, 2.45) is 5.92 Å². The quantitative estimate of drug-likeness (QED) is 0.449. The van der Waals surface area contributed by atoms with Gasteiger partial charge >= 0.3 is 0 Å². The molecular formula is C9H14OSi. The Morgan fingerprint density at radius 2 is 2.27 bits per heavy atom. The van der Waals surface area contributed by atoms with E-state index in [1.54, 1.807) is 0 Å². The second-order valence-corrected chi connectivity index (χ2v) is 4.54. The van der Waals surface area contributed by atoms with E-state index in [1.807, 2.05) is 0 Å². The van der Waals surface area contributed by atoms with Crippen LogP contribution in [-0.2, 0) is 4.74 Å². The van der Waals surface area contributed by atoms with E-state index in [-0.39, 0.29) is 0 Å². The normalized spacial score (nSPS) is 40.8. The first-order valence-corrected chi connectivity index (χ1v) is 5.77. The lowest BCUT2D eigenvalue weighted by Gasteiger charge is -2.16. The lowest BCUT2D eigenvalue weighted by atomic mass is 9.88. The second kappa shape index (κ2) is 3.14.